The normalized spacial score (nSPS) is 9.79. The Bertz CT molecular complexity index is 313. The van der Waals surface area contributed by atoms with Crippen molar-refractivity contribution in [2.75, 3.05) is 11.9 Å². The van der Waals surface area contributed by atoms with Gasteiger partial charge >= 0.3 is 5.97 Å². The molecule has 0 saturated heterocycles. The zero-order valence-corrected chi connectivity index (χ0v) is 8.16. The molecule has 0 bridgehead atoms. The number of anilines is 1. The summed E-state index contributed by atoms with van der Waals surface area (Å²) in [5, 5.41) is 11.5. The third-order valence-corrected chi connectivity index (χ3v) is 1.76. The monoisotopic (exact) mass is 194 g/mol. The van der Waals surface area contributed by atoms with Crippen LogP contribution in [-0.4, -0.2) is 22.6 Å². The van der Waals surface area contributed by atoms with Gasteiger partial charge < -0.3 is 10.4 Å². The summed E-state index contributed by atoms with van der Waals surface area (Å²) in [6.07, 6.45) is 0.809. The minimum absolute atomic E-state index is 0.193. The molecule has 0 aliphatic heterocycles. The second-order valence-electron chi connectivity index (χ2n) is 3.09. The highest BCUT2D eigenvalue weighted by molar-refractivity contribution is 5.66. The van der Waals surface area contributed by atoms with Crippen LogP contribution in [0.15, 0.2) is 18.2 Å². The lowest BCUT2D eigenvalue weighted by atomic mass is 10.3. The Morgan fingerprint density at radius 2 is 2.36 bits per heavy atom. The number of aliphatic carboxylic acids is 1. The zero-order chi connectivity index (χ0) is 10.4. The number of rotatable bonds is 5. The molecule has 0 aliphatic carbocycles. The quantitative estimate of drug-likeness (QED) is 0.700. The van der Waals surface area contributed by atoms with Crippen molar-refractivity contribution in [3.05, 3.63) is 23.9 Å². The summed E-state index contributed by atoms with van der Waals surface area (Å²) < 4.78 is 0. The van der Waals surface area contributed by atoms with Crippen LogP contribution < -0.4 is 5.32 Å². The number of hydrogen-bond donors (Lipinski definition) is 2. The first-order valence-corrected chi connectivity index (χ1v) is 4.58. The van der Waals surface area contributed by atoms with E-state index in [1.54, 1.807) is 0 Å². The molecule has 76 valence electrons. The molecule has 1 aromatic heterocycles. The van der Waals surface area contributed by atoms with Gasteiger partial charge in [0.2, 0.25) is 0 Å². The summed E-state index contributed by atoms with van der Waals surface area (Å²) >= 11 is 0. The average Bonchev–Trinajstić information content (AvgIpc) is 2.12. The van der Waals surface area contributed by atoms with E-state index in [4.69, 9.17) is 5.11 Å². The number of hydrogen-bond acceptors (Lipinski definition) is 3. The van der Waals surface area contributed by atoms with E-state index < -0.39 is 5.97 Å². The number of pyridine rings is 1. The second kappa shape index (κ2) is 5.21. The molecule has 1 heterocycles. The Hall–Kier alpha value is -1.58. The molecule has 0 amide bonds. The maximum Gasteiger partial charge on any atom is 0.303 e. The number of aromatic nitrogens is 1. The number of carboxylic acids is 1. The Morgan fingerprint density at radius 3 is 3.00 bits per heavy atom. The van der Waals surface area contributed by atoms with Gasteiger partial charge in [0.25, 0.3) is 0 Å². The summed E-state index contributed by atoms with van der Waals surface area (Å²) in [5.74, 6) is 0.0411. The molecule has 0 atom stereocenters. The number of carboxylic acid groups (broad SMARTS) is 1. The van der Waals surface area contributed by atoms with Crippen molar-refractivity contribution in [3.8, 4) is 0 Å². The van der Waals surface area contributed by atoms with Gasteiger partial charge in [-0.2, -0.15) is 0 Å². The first kappa shape index (κ1) is 10.5. The highest BCUT2D eigenvalue weighted by atomic mass is 16.4. The van der Waals surface area contributed by atoms with Crippen LogP contribution in [0.5, 0.6) is 0 Å². The molecule has 0 unspecified atom stereocenters. The van der Waals surface area contributed by atoms with E-state index in [-0.39, 0.29) is 6.42 Å². The Balaban J connectivity index is 2.28. The Morgan fingerprint density at radius 1 is 1.57 bits per heavy atom. The number of carbonyl (C=O) groups is 1. The topological polar surface area (TPSA) is 62.2 Å². The molecule has 14 heavy (non-hydrogen) atoms. The average molecular weight is 194 g/mol. The van der Waals surface area contributed by atoms with E-state index in [9.17, 15) is 4.79 Å². The van der Waals surface area contributed by atoms with E-state index >= 15 is 0 Å². The van der Waals surface area contributed by atoms with Gasteiger partial charge in [-0.05, 0) is 25.5 Å². The molecule has 0 aromatic carbocycles. The fourth-order valence-corrected chi connectivity index (χ4v) is 1.10. The van der Waals surface area contributed by atoms with Gasteiger partial charge in [-0.3, -0.25) is 4.79 Å². The summed E-state index contributed by atoms with van der Waals surface area (Å²) in [6.45, 7) is 2.56. The third kappa shape index (κ3) is 3.89. The molecule has 0 spiro atoms. The van der Waals surface area contributed by atoms with E-state index in [2.05, 4.69) is 10.3 Å². The van der Waals surface area contributed by atoms with Crippen molar-refractivity contribution in [3.63, 3.8) is 0 Å². The lowest BCUT2D eigenvalue weighted by Crippen LogP contribution is -2.06. The molecule has 0 aliphatic rings. The number of aryl methyl sites for hydroxylation is 1. The third-order valence-electron chi connectivity index (χ3n) is 1.76. The molecular formula is C10H14N2O2. The maximum absolute atomic E-state index is 10.2. The van der Waals surface area contributed by atoms with Crippen molar-refractivity contribution >= 4 is 11.8 Å². The van der Waals surface area contributed by atoms with E-state index in [1.807, 2.05) is 25.1 Å². The van der Waals surface area contributed by atoms with Gasteiger partial charge in [-0.15, -0.1) is 0 Å². The van der Waals surface area contributed by atoms with E-state index in [0.717, 1.165) is 11.5 Å². The highest BCUT2D eigenvalue weighted by Gasteiger charge is 1.97. The first-order chi connectivity index (χ1) is 6.68. The molecule has 0 saturated carbocycles. The maximum atomic E-state index is 10.2. The van der Waals surface area contributed by atoms with Crippen molar-refractivity contribution in [1.29, 1.82) is 0 Å². The summed E-state index contributed by atoms with van der Waals surface area (Å²) in [6, 6.07) is 5.71. The van der Waals surface area contributed by atoms with Gasteiger partial charge in [0.15, 0.2) is 0 Å². The Kier molecular flexibility index (Phi) is 3.91. The van der Waals surface area contributed by atoms with Gasteiger partial charge in [0.1, 0.15) is 5.82 Å². The smallest absolute Gasteiger partial charge is 0.303 e. The largest absolute Gasteiger partial charge is 0.481 e. The van der Waals surface area contributed by atoms with Crippen LogP contribution in [0.25, 0.3) is 0 Å². The second-order valence-corrected chi connectivity index (χ2v) is 3.09. The standard InChI is InChI=1S/C10H14N2O2/c1-8-4-2-5-9(12-8)11-7-3-6-10(13)14/h2,4-5H,3,6-7H2,1H3,(H,11,12)(H,13,14). The van der Waals surface area contributed by atoms with Gasteiger partial charge in [-0.1, -0.05) is 6.07 Å². The van der Waals surface area contributed by atoms with Crippen LogP contribution in [0, 0.1) is 6.92 Å². The van der Waals surface area contributed by atoms with Crippen LogP contribution in [0.3, 0.4) is 0 Å². The van der Waals surface area contributed by atoms with Gasteiger partial charge in [0, 0.05) is 18.7 Å². The fraction of sp³-hybridized carbons (Fsp3) is 0.400. The summed E-state index contributed by atoms with van der Waals surface area (Å²) in [7, 11) is 0. The van der Waals surface area contributed by atoms with Crippen molar-refractivity contribution in [2.24, 2.45) is 0 Å². The van der Waals surface area contributed by atoms with Gasteiger partial charge in [0.05, 0.1) is 0 Å². The Labute approximate surface area is 83.0 Å². The predicted octanol–water partition coefficient (Wildman–Crippen LogP) is 1.67. The molecule has 4 heteroatoms. The highest BCUT2D eigenvalue weighted by Crippen LogP contribution is 2.03. The fourth-order valence-electron chi connectivity index (χ4n) is 1.10. The van der Waals surface area contributed by atoms with Crippen LogP contribution in [-0.2, 0) is 4.79 Å². The molecular weight excluding hydrogens is 180 g/mol. The van der Waals surface area contributed by atoms with Crippen LogP contribution >= 0.6 is 0 Å². The molecule has 1 rings (SSSR count). The minimum Gasteiger partial charge on any atom is -0.481 e. The molecule has 1 aromatic rings. The van der Waals surface area contributed by atoms with E-state index in [1.165, 1.54) is 0 Å². The predicted molar refractivity (Wildman–Crippen MR) is 54.3 cm³/mol. The number of nitrogens with zero attached hydrogens (tertiary/aromatic N) is 1. The molecule has 0 fully saturated rings. The molecule has 0 radical (unpaired) electrons. The zero-order valence-electron chi connectivity index (χ0n) is 8.16. The van der Waals surface area contributed by atoms with E-state index in [0.29, 0.717) is 13.0 Å². The van der Waals surface area contributed by atoms with Crippen molar-refractivity contribution in [1.82, 2.24) is 4.98 Å². The van der Waals surface area contributed by atoms with Gasteiger partial charge in [-0.25, -0.2) is 4.98 Å². The van der Waals surface area contributed by atoms with Crippen LogP contribution in [0.1, 0.15) is 18.5 Å². The molecule has 4 nitrogen and oxygen atoms in total. The first-order valence-electron chi connectivity index (χ1n) is 4.58. The summed E-state index contributed by atoms with van der Waals surface area (Å²) in [5.41, 5.74) is 0.952. The van der Waals surface area contributed by atoms with Crippen molar-refractivity contribution in [2.45, 2.75) is 19.8 Å². The van der Waals surface area contributed by atoms with Crippen molar-refractivity contribution < 1.29 is 9.90 Å². The SMILES string of the molecule is Cc1cccc(NCCCC(=O)O)n1. The number of nitrogens with one attached hydrogen (secondary N) is 1. The van der Waals surface area contributed by atoms with Crippen LogP contribution in [0.4, 0.5) is 5.82 Å². The lowest BCUT2D eigenvalue weighted by Gasteiger charge is -2.04. The lowest BCUT2D eigenvalue weighted by molar-refractivity contribution is -0.137. The van der Waals surface area contributed by atoms with Crippen LogP contribution in [0.2, 0.25) is 0 Å². The molecule has 2 N–H and O–H groups in total. The summed E-state index contributed by atoms with van der Waals surface area (Å²) in [4.78, 5) is 14.5. The minimum atomic E-state index is -0.760.